The van der Waals surface area contributed by atoms with E-state index < -0.39 is 22.4 Å². The Hall–Kier alpha value is -2.46. The van der Waals surface area contributed by atoms with Gasteiger partial charge >= 0.3 is 6.18 Å². The van der Waals surface area contributed by atoms with E-state index in [-0.39, 0.29) is 23.2 Å². The first-order valence-electron chi connectivity index (χ1n) is 7.25. The van der Waals surface area contributed by atoms with Crippen LogP contribution in [0.3, 0.4) is 0 Å². The van der Waals surface area contributed by atoms with Gasteiger partial charge in [-0.05, 0) is 34.5 Å². The van der Waals surface area contributed by atoms with E-state index in [4.69, 9.17) is 15.9 Å². The first-order chi connectivity index (χ1) is 12.1. The van der Waals surface area contributed by atoms with Gasteiger partial charge in [-0.15, -0.1) is 10.2 Å². The molecule has 0 aliphatic heterocycles. The van der Waals surface area contributed by atoms with E-state index in [0.29, 0.717) is 5.57 Å². The van der Waals surface area contributed by atoms with Crippen LogP contribution in [0.2, 0.25) is 0 Å². The Morgan fingerprint density at radius 3 is 2.65 bits per heavy atom. The highest BCUT2D eigenvalue weighted by molar-refractivity contribution is 9.10. The average molecular weight is 430 g/mol. The molecule has 2 aromatic rings. The average Bonchev–Trinajstić information content (AvgIpc) is 3.04. The molecule has 2 heterocycles. The van der Waals surface area contributed by atoms with Crippen molar-refractivity contribution in [3.63, 3.8) is 0 Å². The monoisotopic (exact) mass is 429 g/mol. The molecule has 138 valence electrons. The second kappa shape index (κ2) is 7.83. The standard InChI is InChI=1S/C16H15BrF3N5O/c1-3-4-5-6-8(2)11(22)14-24-25-15(26-14)12-10(21)7-9(13(17)23-12)16(18,19)20/h3-7,11H,2,21-22H2,1H3/b4-3-,6-5-/t11-/m1/s1. The van der Waals surface area contributed by atoms with Crippen molar-refractivity contribution < 1.29 is 17.6 Å². The van der Waals surface area contributed by atoms with E-state index in [1.54, 1.807) is 18.2 Å². The van der Waals surface area contributed by atoms with Crippen molar-refractivity contribution in [2.24, 2.45) is 5.73 Å². The number of nitrogen functional groups attached to an aromatic ring is 1. The summed E-state index contributed by atoms with van der Waals surface area (Å²) in [5.74, 6) is -0.111. The maximum Gasteiger partial charge on any atom is 0.419 e. The maximum absolute atomic E-state index is 12.9. The van der Waals surface area contributed by atoms with Crippen LogP contribution in [0, 0.1) is 0 Å². The van der Waals surface area contributed by atoms with Crippen LogP contribution in [0.15, 0.2) is 51.5 Å². The minimum Gasteiger partial charge on any atom is -0.417 e. The molecular formula is C16H15BrF3N5O. The number of nitrogens with zero attached hydrogens (tertiary/aromatic N) is 3. The molecule has 0 saturated heterocycles. The van der Waals surface area contributed by atoms with Crippen molar-refractivity contribution in [3.05, 3.63) is 58.6 Å². The molecule has 1 atom stereocenters. The molecule has 0 fully saturated rings. The lowest BCUT2D eigenvalue weighted by Gasteiger charge is -2.10. The first-order valence-corrected chi connectivity index (χ1v) is 8.05. The van der Waals surface area contributed by atoms with Crippen LogP contribution in [0.25, 0.3) is 11.6 Å². The van der Waals surface area contributed by atoms with Crippen LogP contribution in [0.5, 0.6) is 0 Å². The quantitative estimate of drug-likeness (QED) is 0.545. The Morgan fingerprint density at radius 2 is 2.04 bits per heavy atom. The number of rotatable bonds is 5. The van der Waals surface area contributed by atoms with Gasteiger partial charge in [-0.3, -0.25) is 0 Å². The lowest BCUT2D eigenvalue weighted by Crippen LogP contribution is -2.11. The fourth-order valence-electron chi connectivity index (χ4n) is 1.88. The summed E-state index contributed by atoms with van der Waals surface area (Å²) in [4.78, 5) is 3.78. The van der Waals surface area contributed by atoms with Crippen molar-refractivity contribution in [1.29, 1.82) is 0 Å². The highest BCUT2D eigenvalue weighted by Crippen LogP contribution is 2.37. The summed E-state index contributed by atoms with van der Waals surface area (Å²) in [6, 6.07) is -0.0357. The number of hydrogen-bond acceptors (Lipinski definition) is 6. The predicted molar refractivity (Wildman–Crippen MR) is 94.7 cm³/mol. The third-order valence-electron chi connectivity index (χ3n) is 3.23. The molecule has 10 heteroatoms. The van der Waals surface area contributed by atoms with Gasteiger partial charge in [0.05, 0.1) is 11.3 Å². The molecule has 0 bridgehead atoms. The number of alkyl halides is 3. The molecule has 0 amide bonds. The Bertz CT molecular complexity index is 873. The summed E-state index contributed by atoms with van der Waals surface area (Å²) >= 11 is 2.78. The molecule has 6 nitrogen and oxygen atoms in total. The minimum atomic E-state index is -4.60. The molecule has 2 rings (SSSR count). The smallest absolute Gasteiger partial charge is 0.417 e. The van der Waals surface area contributed by atoms with Crippen molar-refractivity contribution in [2.75, 3.05) is 5.73 Å². The topological polar surface area (TPSA) is 104 Å². The normalized spacial score (nSPS) is 13.6. The number of aromatic nitrogens is 3. The van der Waals surface area contributed by atoms with Gasteiger partial charge in [0, 0.05) is 0 Å². The Balaban J connectivity index is 2.33. The van der Waals surface area contributed by atoms with Gasteiger partial charge in [-0.1, -0.05) is 30.9 Å². The van der Waals surface area contributed by atoms with E-state index in [9.17, 15) is 13.2 Å². The largest absolute Gasteiger partial charge is 0.419 e. The van der Waals surface area contributed by atoms with E-state index in [2.05, 4.69) is 37.7 Å². The molecule has 4 N–H and O–H groups in total. The van der Waals surface area contributed by atoms with Crippen LogP contribution < -0.4 is 11.5 Å². The highest BCUT2D eigenvalue weighted by atomic mass is 79.9. The second-order valence-corrected chi connectivity index (χ2v) is 5.90. The number of halogens is 4. The molecule has 2 aromatic heterocycles. The van der Waals surface area contributed by atoms with Gasteiger partial charge in [-0.2, -0.15) is 13.2 Å². The molecule has 0 aliphatic carbocycles. The SMILES string of the molecule is C=C(/C=C\C=C/C)[C@@H](N)c1nnc(-c2nc(Br)c(C(F)(F)F)cc2N)o1. The number of anilines is 1. The molecule has 0 saturated carbocycles. The van der Waals surface area contributed by atoms with Crippen molar-refractivity contribution in [2.45, 2.75) is 19.1 Å². The molecule has 0 aromatic carbocycles. The Kier molecular flexibility index (Phi) is 5.98. The summed E-state index contributed by atoms with van der Waals surface area (Å²) < 4.78 is 43.6. The third kappa shape index (κ3) is 4.38. The van der Waals surface area contributed by atoms with Gasteiger partial charge in [-0.25, -0.2) is 4.98 Å². The van der Waals surface area contributed by atoms with Crippen molar-refractivity contribution >= 4 is 21.6 Å². The molecular weight excluding hydrogens is 415 g/mol. The predicted octanol–water partition coefficient (Wildman–Crippen LogP) is 4.18. The minimum absolute atomic E-state index is 0.0346. The van der Waals surface area contributed by atoms with Gasteiger partial charge < -0.3 is 15.9 Å². The van der Waals surface area contributed by atoms with Crippen molar-refractivity contribution in [1.82, 2.24) is 15.2 Å². The molecule has 0 unspecified atom stereocenters. The highest BCUT2D eigenvalue weighted by Gasteiger charge is 2.35. The molecule has 0 spiro atoms. The lowest BCUT2D eigenvalue weighted by molar-refractivity contribution is -0.138. The first kappa shape index (κ1) is 19.9. The maximum atomic E-state index is 12.9. The summed E-state index contributed by atoms with van der Waals surface area (Å²) in [5, 5.41) is 7.56. The zero-order valence-electron chi connectivity index (χ0n) is 13.6. The third-order valence-corrected chi connectivity index (χ3v) is 3.84. The van der Waals surface area contributed by atoms with Crippen LogP contribution in [-0.2, 0) is 6.18 Å². The van der Waals surface area contributed by atoms with Crippen LogP contribution >= 0.6 is 15.9 Å². The van der Waals surface area contributed by atoms with Crippen LogP contribution in [0.4, 0.5) is 18.9 Å². The van der Waals surface area contributed by atoms with Crippen LogP contribution in [0.1, 0.15) is 24.4 Å². The van der Waals surface area contributed by atoms with E-state index in [1.165, 1.54) is 0 Å². The van der Waals surface area contributed by atoms with Gasteiger partial charge in [0.2, 0.25) is 5.89 Å². The van der Waals surface area contributed by atoms with E-state index in [1.807, 2.05) is 13.0 Å². The Morgan fingerprint density at radius 1 is 1.35 bits per heavy atom. The van der Waals surface area contributed by atoms with Crippen molar-refractivity contribution in [3.8, 4) is 11.6 Å². The molecule has 0 radical (unpaired) electrons. The zero-order valence-corrected chi connectivity index (χ0v) is 15.2. The summed E-state index contributed by atoms with van der Waals surface area (Å²) in [7, 11) is 0. The number of hydrogen-bond donors (Lipinski definition) is 2. The summed E-state index contributed by atoms with van der Waals surface area (Å²) in [6.45, 7) is 5.67. The van der Waals surface area contributed by atoms with Gasteiger partial charge in [0.1, 0.15) is 10.6 Å². The lowest BCUT2D eigenvalue weighted by atomic mass is 10.1. The number of nitrogens with two attached hydrogens (primary N) is 2. The van der Waals surface area contributed by atoms with Crippen LogP contribution in [-0.4, -0.2) is 15.2 Å². The second-order valence-electron chi connectivity index (χ2n) is 5.15. The summed E-state index contributed by atoms with van der Waals surface area (Å²) in [6.07, 6.45) is 2.44. The molecule has 26 heavy (non-hydrogen) atoms. The van der Waals surface area contributed by atoms with Gasteiger partial charge in [0.15, 0.2) is 5.69 Å². The number of pyridine rings is 1. The molecule has 0 aliphatic rings. The zero-order chi connectivity index (χ0) is 19.5. The fourth-order valence-corrected chi connectivity index (χ4v) is 2.40. The summed E-state index contributed by atoms with van der Waals surface area (Å²) in [5.41, 5.74) is 10.8. The van der Waals surface area contributed by atoms with E-state index >= 15 is 0 Å². The fraction of sp³-hybridized carbons (Fsp3) is 0.188. The van der Waals surface area contributed by atoms with E-state index in [0.717, 1.165) is 6.07 Å². The Labute approximate surface area is 155 Å². The number of allylic oxidation sites excluding steroid dienone is 3. The van der Waals surface area contributed by atoms with Gasteiger partial charge in [0.25, 0.3) is 5.89 Å².